The summed E-state index contributed by atoms with van der Waals surface area (Å²) in [4.78, 5) is 0. The Balaban J connectivity index is 1.45. The number of hydrogen-bond donors (Lipinski definition) is 3. The van der Waals surface area contributed by atoms with E-state index in [0.717, 1.165) is 35.5 Å². The topological polar surface area (TPSA) is 88.4 Å². The van der Waals surface area contributed by atoms with Gasteiger partial charge in [0, 0.05) is 17.9 Å². The van der Waals surface area contributed by atoms with Crippen LogP contribution in [0.1, 0.15) is 35.6 Å². The van der Waals surface area contributed by atoms with Crippen LogP contribution in [0.5, 0.6) is 5.75 Å². The third kappa shape index (κ3) is 4.97. The maximum atomic E-state index is 10.1. The lowest BCUT2D eigenvalue weighted by atomic mass is 9.92. The van der Waals surface area contributed by atoms with Gasteiger partial charge in [-0.1, -0.05) is 35.9 Å². The minimum Gasteiger partial charge on any atom is -0.488 e. The van der Waals surface area contributed by atoms with Crippen molar-refractivity contribution in [2.45, 2.75) is 49.8 Å². The van der Waals surface area contributed by atoms with Crippen molar-refractivity contribution in [1.29, 1.82) is 0 Å². The number of aliphatic hydroxyl groups is 3. The van der Waals surface area contributed by atoms with Crippen molar-refractivity contribution < 1.29 is 29.5 Å². The van der Waals surface area contributed by atoms with Crippen molar-refractivity contribution in [1.82, 2.24) is 0 Å². The van der Waals surface area contributed by atoms with E-state index in [2.05, 4.69) is 0 Å². The fourth-order valence-corrected chi connectivity index (χ4v) is 4.14. The standard InChI is InChI=1S/C23H27ClO6/c24-19-6-3-15(21-11-20(26)23(27)22(12-25)30-21)10-16(19)9-14-1-4-17(5-2-14)29-18-7-8-28-13-18/h1-6,10,18,20-23,25-27H,7-9,11-13H2/t18-,20+,21+,22+,23-/m0/s1. The number of benzene rings is 2. The molecule has 3 N–H and O–H groups in total. The Morgan fingerprint density at radius 1 is 1.10 bits per heavy atom. The van der Waals surface area contributed by atoms with Crippen molar-refractivity contribution in [2.75, 3.05) is 19.8 Å². The minimum atomic E-state index is -1.09. The summed E-state index contributed by atoms with van der Waals surface area (Å²) in [5.74, 6) is 0.826. The summed E-state index contributed by atoms with van der Waals surface area (Å²) < 4.78 is 17.0. The average Bonchev–Trinajstić information content (AvgIpc) is 3.26. The van der Waals surface area contributed by atoms with E-state index in [0.29, 0.717) is 18.1 Å². The molecule has 2 saturated heterocycles. The van der Waals surface area contributed by atoms with Gasteiger partial charge in [0.15, 0.2) is 0 Å². The maximum absolute atomic E-state index is 10.1. The number of aliphatic hydroxyl groups excluding tert-OH is 3. The molecule has 4 rings (SSSR count). The van der Waals surface area contributed by atoms with Crippen LogP contribution < -0.4 is 4.74 Å². The van der Waals surface area contributed by atoms with E-state index in [9.17, 15) is 15.3 Å². The molecule has 162 valence electrons. The van der Waals surface area contributed by atoms with Gasteiger partial charge < -0.3 is 29.5 Å². The largest absolute Gasteiger partial charge is 0.488 e. The molecule has 2 fully saturated rings. The first-order valence-electron chi connectivity index (χ1n) is 10.3. The fourth-order valence-electron chi connectivity index (χ4n) is 3.95. The molecule has 0 bridgehead atoms. The molecule has 6 nitrogen and oxygen atoms in total. The van der Waals surface area contributed by atoms with E-state index >= 15 is 0 Å². The Kier molecular flexibility index (Phi) is 6.93. The number of rotatable bonds is 6. The number of ether oxygens (including phenoxy) is 3. The second-order valence-corrected chi connectivity index (χ2v) is 8.32. The van der Waals surface area contributed by atoms with Gasteiger partial charge in [-0.05, 0) is 41.3 Å². The Labute approximate surface area is 181 Å². The quantitative estimate of drug-likeness (QED) is 0.647. The molecule has 5 atom stereocenters. The van der Waals surface area contributed by atoms with Gasteiger partial charge in [0.25, 0.3) is 0 Å². The molecular formula is C23H27ClO6. The van der Waals surface area contributed by atoms with Crippen LogP contribution in [-0.4, -0.2) is 59.6 Å². The van der Waals surface area contributed by atoms with Gasteiger partial charge in [-0.3, -0.25) is 0 Å². The van der Waals surface area contributed by atoms with Crippen LogP contribution in [0.4, 0.5) is 0 Å². The van der Waals surface area contributed by atoms with E-state index in [1.165, 1.54) is 0 Å². The highest BCUT2D eigenvalue weighted by molar-refractivity contribution is 6.31. The van der Waals surface area contributed by atoms with E-state index < -0.39 is 24.4 Å². The molecule has 2 aliphatic heterocycles. The Morgan fingerprint density at radius 3 is 2.60 bits per heavy atom. The molecule has 2 aromatic rings. The summed E-state index contributed by atoms with van der Waals surface area (Å²) in [5.41, 5.74) is 2.90. The summed E-state index contributed by atoms with van der Waals surface area (Å²) >= 11 is 6.43. The molecule has 7 heteroatoms. The normalized spacial score (nSPS) is 29.1. The molecule has 0 aromatic heterocycles. The van der Waals surface area contributed by atoms with Crippen molar-refractivity contribution in [3.8, 4) is 5.75 Å². The molecule has 0 radical (unpaired) electrons. The van der Waals surface area contributed by atoms with Gasteiger partial charge in [-0.15, -0.1) is 0 Å². The Hall–Kier alpha value is -1.67. The van der Waals surface area contributed by atoms with Gasteiger partial charge >= 0.3 is 0 Å². The summed E-state index contributed by atoms with van der Waals surface area (Å²) in [6.45, 7) is 1.03. The first kappa shape index (κ1) is 21.6. The molecule has 2 heterocycles. The van der Waals surface area contributed by atoms with Crippen LogP contribution in [0, 0.1) is 0 Å². The van der Waals surface area contributed by atoms with Gasteiger partial charge in [0.05, 0.1) is 32.0 Å². The van der Waals surface area contributed by atoms with Crippen LogP contribution in [0.3, 0.4) is 0 Å². The maximum Gasteiger partial charge on any atom is 0.124 e. The highest BCUT2D eigenvalue weighted by Crippen LogP contribution is 2.34. The predicted octanol–water partition coefficient (Wildman–Crippen LogP) is 2.64. The molecule has 0 amide bonds. The second-order valence-electron chi connectivity index (χ2n) is 7.91. The third-order valence-corrected chi connectivity index (χ3v) is 6.07. The fraction of sp³-hybridized carbons (Fsp3) is 0.478. The van der Waals surface area contributed by atoms with Crippen molar-refractivity contribution >= 4 is 11.6 Å². The van der Waals surface area contributed by atoms with Gasteiger partial charge in [-0.2, -0.15) is 0 Å². The van der Waals surface area contributed by atoms with Crippen LogP contribution in [-0.2, 0) is 15.9 Å². The van der Waals surface area contributed by atoms with Gasteiger partial charge in [0.1, 0.15) is 24.1 Å². The highest BCUT2D eigenvalue weighted by atomic mass is 35.5. The lowest BCUT2D eigenvalue weighted by Crippen LogP contribution is -2.47. The zero-order valence-corrected chi connectivity index (χ0v) is 17.4. The molecule has 0 aliphatic carbocycles. The van der Waals surface area contributed by atoms with Crippen LogP contribution in [0.2, 0.25) is 5.02 Å². The SMILES string of the molecule is OC[C@H]1O[C@@H](c2ccc(Cl)c(Cc3ccc(O[C@H]4CCOC4)cc3)c2)C[C@@H](O)[C@@H]1O. The van der Waals surface area contributed by atoms with Crippen molar-refractivity contribution in [2.24, 2.45) is 0 Å². The first-order valence-corrected chi connectivity index (χ1v) is 10.7. The lowest BCUT2D eigenvalue weighted by Gasteiger charge is -2.36. The monoisotopic (exact) mass is 434 g/mol. The van der Waals surface area contributed by atoms with Crippen LogP contribution >= 0.6 is 11.6 Å². The van der Waals surface area contributed by atoms with Crippen LogP contribution in [0.25, 0.3) is 0 Å². The minimum absolute atomic E-state index is 0.120. The summed E-state index contributed by atoms with van der Waals surface area (Å²) in [6, 6.07) is 13.6. The van der Waals surface area contributed by atoms with Crippen LogP contribution in [0.15, 0.2) is 42.5 Å². The molecule has 0 unspecified atom stereocenters. The molecule has 0 saturated carbocycles. The molecule has 2 aliphatic rings. The van der Waals surface area contributed by atoms with E-state index in [1.807, 2.05) is 42.5 Å². The molecular weight excluding hydrogens is 408 g/mol. The van der Waals surface area contributed by atoms with Gasteiger partial charge in [-0.25, -0.2) is 0 Å². The summed E-state index contributed by atoms with van der Waals surface area (Å²) in [6.07, 6.45) is -1.33. The van der Waals surface area contributed by atoms with Gasteiger partial charge in [0.2, 0.25) is 0 Å². The second kappa shape index (κ2) is 9.64. The number of hydrogen-bond acceptors (Lipinski definition) is 6. The van der Waals surface area contributed by atoms with Crippen molar-refractivity contribution in [3.63, 3.8) is 0 Å². The predicted molar refractivity (Wildman–Crippen MR) is 112 cm³/mol. The molecule has 2 aromatic carbocycles. The Bertz CT molecular complexity index is 836. The third-order valence-electron chi connectivity index (χ3n) is 5.70. The molecule has 30 heavy (non-hydrogen) atoms. The van der Waals surface area contributed by atoms with Crippen molar-refractivity contribution in [3.05, 3.63) is 64.2 Å². The summed E-state index contributed by atoms with van der Waals surface area (Å²) in [7, 11) is 0. The number of halogens is 1. The summed E-state index contributed by atoms with van der Waals surface area (Å²) in [5, 5.41) is 30.1. The first-order chi connectivity index (χ1) is 14.5. The smallest absolute Gasteiger partial charge is 0.124 e. The Morgan fingerprint density at radius 2 is 1.90 bits per heavy atom. The lowest BCUT2D eigenvalue weighted by molar-refractivity contribution is -0.181. The molecule has 0 spiro atoms. The zero-order valence-electron chi connectivity index (χ0n) is 16.6. The average molecular weight is 435 g/mol. The zero-order chi connectivity index (χ0) is 21.1. The van der Waals surface area contributed by atoms with E-state index in [-0.39, 0.29) is 19.1 Å². The van der Waals surface area contributed by atoms with E-state index in [1.54, 1.807) is 0 Å². The van der Waals surface area contributed by atoms with E-state index in [4.69, 9.17) is 25.8 Å². The highest BCUT2D eigenvalue weighted by Gasteiger charge is 2.37.